The van der Waals surface area contributed by atoms with Crippen molar-refractivity contribution < 1.29 is 13.5 Å². The zero-order valence-corrected chi connectivity index (χ0v) is 18.6. The van der Waals surface area contributed by atoms with Crippen LogP contribution in [0.1, 0.15) is 23.6 Å². The van der Waals surface area contributed by atoms with Gasteiger partial charge in [-0.3, -0.25) is 14.3 Å². The van der Waals surface area contributed by atoms with Crippen molar-refractivity contribution >= 4 is 11.5 Å². The van der Waals surface area contributed by atoms with E-state index < -0.39 is 29.0 Å². The number of alkyl halides is 2. The van der Waals surface area contributed by atoms with Crippen molar-refractivity contribution in [2.45, 2.75) is 39.3 Å². The van der Waals surface area contributed by atoms with Crippen LogP contribution in [-0.2, 0) is 24.3 Å². The van der Waals surface area contributed by atoms with Crippen molar-refractivity contribution in [1.29, 1.82) is 0 Å². The second kappa shape index (κ2) is 9.31. The number of aryl methyl sites for hydroxylation is 2. The summed E-state index contributed by atoms with van der Waals surface area (Å²) < 4.78 is 34.9. The average molecular weight is 456 g/mol. The van der Waals surface area contributed by atoms with Crippen LogP contribution in [0.5, 0.6) is 0 Å². The van der Waals surface area contributed by atoms with Crippen molar-refractivity contribution in [3.8, 4) is 0 Å². The molecule has 8 heteroatoms. The maximum Gasteiger partial charge on any atom is 0.329 e. The summed E-state index contributed by atoms with van der Waals surface area (Å²) in [5.74, 6) is -4.89. The van der Waals surface area contributed by atoms with Crippen molar-refractivity contribution in [3.05, 3.63) is 92.1 Å². The molecule has 1 fully saturated rings. The SMILES string of the molecule is CCc1cc(Nc2cc(=O)n(CC3C(COCc4ccccc4)C3(F)F)c(=O)[nH]2)ccc1C. The van der Waals surface area contributed by atoms with Crippen LogP contribution >= 0.6 is 0 Å². The molecule has 0 radical (unpaired) electrons. The number of benzene rings is 2. The van der Waals surface area contributed by atoms with Crippen LogP contribution in [0.2, 0.25) is 0 Å². The van der Waals surface area contributed by atoms with Crippen molar-refractivity contribution in [2.75, 3.05) is 11.9 Å². The van der Waals surface area contributed by atoms with Gasteiger partial charge in [0, 0.05) is 18.3 Å². The second-order valence-electron chi connectivity index (χ2n) is 8.45. The summed E-state index contributed by atoms with van der Waals surface area (Å²) in [6.07, 6.45) is 0.852. The zero-order valence-electron chi connectivity index (χ0n) is 18.6. The molecule has 1 saturated carbocycles. The van der Waals surface area contributed by atoms with E-state index in [0.29, 0.717) is 0 Å². The molecular formula is C25H27F2N3O3. The van der Waals surface area contributed by atoms with Gasteiger partial charge >= 0.3 is 5.69 Å². The molecule has 1 heterocycles. The number of anilines is 2. The van der Waals surface area contributed by atoms with Crippen LogP contribution < -0.4 is 16.6 Å². The van der Waals surface area contributed by atoms with E-state index in [9.17, 15) is 18.4 Å². The number of nitrogens with one attached hydrogen (secondary N) is 2. The molecule has 6 nitrogen and oxygen atoms in total. The van der Waals surface area contributed by atoms with Gasteiger partial charge in [-0.2, -0.15) is 0 Å². The van der Waals surface area contributed by atoms with Gasteiger partial charge in [-0.05, 0) is 42.2 Å². The van der Waals surface area contributed by atoms with Crippen LogP contribution in [0.25, 0.3) is 0 Å². The summed E-state index contributed by atoms with van der Waals surface area (Å²) >= 11 is 0. The van der Waals surface area contributed by atoms with Crippen LogP contribution in [0.3, 0.4) is 0 Å². The third-order valence-electron chi connectivity index (χ3n) is 6.18. The molecule has 0 aliphatic heterocycles. The highest BCUT2D eigenvalue weighted by atomic mass is 19.3. The van der Waals surface area contributed by atoms with E-state index >= 15 is 0 Å². The fraction of sp³-hybridized carbons (Fsp3) is 0.360. The molecule has 2 atom stereocenters. The molecule has 0 saturated heterocycles. The molecule has 0 bridgehead atoms. The summed E-state index contributed by atoms with van der Waals surface area (Å²) in [5, 5.41) is 3.02. The molecule has 0 spiro atoms. The maximum atomic E-state index is 14.3. The molecule has 2 unspecified atom stereocenters. The number of hydrogen-bond donors (Lipinski definition) is 2. The number of aromatic amines is 1. The predicted molar refractivity (Wildman–Crippen MR) is 123 cm³/mol. The van der Waals surface area contributed by atoms with Crippen LogP contribution in [0, 0.1) is 18.8 Å². The minimum absolute atomic E-state index is 0.133. The Labute approximate surface area is 190 Å². The predicted octanol–water partition coefficient (Wildman–Crippen LogP) is 4.25. The Kier molecular flexibility index (Phi) is 6.47. The van der Waals surface area contributed by atoms with E-state index in [-0.39, 0.29) is 25.6 Å². The van der Waals surface area contributed by atoms with Gasteiger partial charge in [0.25, 0.3) is 11.5 Å². The Morgan fingerprint density at radius 3 is 2.55 bits per heavy atom. The summed E-state index contributed by atoms with van der Waals surface area (Å²) in [6, 6.07) is 16.3. The number of rotatable bonds is 9. The van der Waals surface area contributed by atoms with Gasteiger partial charge in [0.1, 0.15) is 5.82 Å². The fourth-order valence-corrected chi connectivity index (χ4v) is 4.06. The minimum Gasteiger partial charge on any atom is -0.376 e. The molecule has 4 rings (SSSR count). The monoisotopic (exact) mass is 455 g/mol. The van der Waals surface area contributed by atoms with Crippen molar-refractivity contribution in [1.82, 2.24) is 9.55 Å². The summed E-state index contributed by atoms with van der Waals surface area (Å²) in [6.45, 7) is 3.80. The first-order valence-corrected chi connectivity index (χ1v) is 11.0. The standard InChI is InChI=1S/C25H27F2N3O3/c1-3-18-11-19(10-9-16(18)2)28-22-12-23(31)30(24(32)29-22)13-20-21(25(20,26)27)15-33-14-17-7-5-4-6-8-17/h4-12,20-21,28H,3,13-15H2,1-2H3,(H,29,32). The largest absolute Gasteiger partial charge is 0.376 e. The highest BCUT2D eigenvalue weighted by molar-refractivity contribution is 5.57. The van der Waals surface area contributed by atoms with Crippen LogP contribution in [0.15, 0.2) is 64.2 Å². The molecule has 1 aromatic heterocycles. The van der Waals surface area contributed by atoms with Gasteiger partial charge in [0.15, 0.2) is 0 Å². The van der Waals surface area contributed by atoms with E-state index in [1.807, 2.05) is 62.4 Å². The summed E-state index contributed by atoms with van der Waals surface area (Å²) in [7, 11) is 0. The first kappa shape index (κ1) is 22.9. The quantitative estimate of drug-likeness (QED) is 0.506. The van der Waals surface area contributed by atoms with Gasteiger partial charge in [-0.1, -0.05) is 43.3 Å². The number of hydrogen-bond acceptors (Lipinski definition) is 4. The van der Waals surface area contributed by atoms with Gasteiger partial charge in [-0.15, -0.1) is 0 Å². The molecule has 3 aromatic rings. The van der Waals surface area contributed by atoms with E-state index in [2.05, 4.69) is 10.3 Å². The third kappa shape index (κ3) is 5.06. The Hall–Kier alpha value is -3.26. The normalized spacial score (nSPS) is 18.8. The van der Waals surface area contributed by atoms with Crippen molar-refractivity contribution in [2.24, 2.45) is 11.8 Å². The van der Waals surface area contributed by atoms with Gasteiger partial charge in [0.2, 0.25) is 0 Å². The van der Waals surface area contributed by atoms with Crippen molar-refractivity contribution in [3.63, 3.8) is 0 Å². The average Bonchev–Trinajstić information content (AvgIpc) is 3.31. The number of halogens is 2. The van der Waals surface area contributed by atoms with Crippen LogP contribution in [-0.4, -0.2) is 22.1 Å². The number of aromatic nitrogens is 2. The number of H-pyrrole nitrogens is 1. The molecule has 2 aromatic carbocycles. The van der Waals surface area contributed by atoms with Gasteiger partial charge in [-0.25, -0.2) is 13.6 Å². The molecule has 1 aliphatic carbocycles. The smallest absolute Gasteiger partial charge is 0.329 e. The zero-order chi connectivity index (χ0) is 23.6. The summed E-state index contributed by atoms with van der Waals surface area (Å²) in [4.78, 5) is 27.6. The summed E-state index contributed by atoms with van der Waals surface area (Å²) in [5.41, 5.74) is 2.57. The van der Waals surface area contributed by atoms with E-state index in [1.54, 1.807) is 0 Å². The Morgan fingerprint density at radius 1 is 1.09 bits per heavy atom. The third-order valence-corrected chi connectivity index (χ3v) is 6.18. The second-order valence-corrected chi connectivity index (χ2v) is 8.45. The lowest BCUT2D eigenvalue weighted by Crippen LogP contribution is -2.36. The Morgan fingerprint density at radius 2 is 1.85 bits per heavy atom. The Balaban J connectivity index is 1.41. The van der Waals surface area contributed by atoms with Crippen LogP contribution in [0.4, 0.5) is 20.3 Å². The molecule has 33 heavy (non-hydrogen) atoms. The fourth-order valence-electron chi connectivity index (χ4n) is 4.06. The Bertz CT molecular complexity index is 1210. The first-order chi connectivity index (χ1) is 15.8. The first-order valence-electron chi connectivity index (χ1n) is 11.0. The maximum absolute atomic E-state index is 14.3. The molecule has 0 amide bonds. The molecule has 2 N–H and O–H groups in total. The topological polar surface area (TPSA) is 76.1 Å². The lowest BCUT2D eigenvalue weighted by atomic mass is 10.1. The highest BCUT2D eigenvalue weighted by Gasteiger charge is 2.68. The molecule has 174 valence electrons. The van der Waals surface area contributed by atoms with E-state index in [1.165, 1.54) is 6.07 Å². The lowest BCUT2D eigenvalue weighted by molar-refractivity contribution is 0.0454. The highest BCUT2D eigenvalue weighted by Crippen LogP contribution is 2.55. The van der Waals surface area contributed by atoms with Gasteiger partial charge in [0.05, 0.1) is 25.0 Å². The molecular weight excluding hydrogens is 428 g/mol. The number of nitrogens with zero attached hydrogens (tertiary/aromatic N) is 1. The number of ether oxygens (including phenoxy) is 1. The van der Waals surface area contributed by atoms with E-state index in [0.717, 1.165) is 33.4 Å². The minimum atomic E-state index is -2.97. The van der Waals surface area contributed by atoms with Gasteiger partial charge < -0.3 is 10.1 Å². The molecule has 1 aliphatic rings. The van der Waals surface area contributed by atoms with E-state index in [4.69, 9.17) is 4.74 Å². The lowest BCUT2D eigenvalue weighted by Gasteiger charge is -2.11.